The van der Waals surface area contributed by atoms with E-state index in [1.165, 1.54) is 11.8 Å². The Morgan fingerprint density at radius 2 is 1.40 bits per heavy atom. The molecule has 5 aromatic rings. The highest BCUT2D eigenvalue weighted by molar-refractivity contribution is 7.98. The van der Waals surface area contributed by atoms with Crippen LogP contribution in [0.2, 0.25) is 0 Å². The summed E-state index contributed by atoms with van der Waals surface area (Å²) >= 11 is 1.36. The van der Waals surface area contributed by atoms with Gasteiger partial charge in [0.2, 0.25) is 0 Å². The molecule has 1 N–H and O–H groups in total. The van der Waals surface area contributed by atoms with Crippen molar-refractivity contribution in [3.05, 3.63) is 105 Å². The fraction of sp³-hybridized carbons (Fsp3) is 0.0435. The molecule has 0 aliphatic rings. The molecule has 5 rings (SSSR count). The van der Waals surface area contributed by atoms with Crippen LogP contribution >= 0.6 is 11.8 Å². The number of aromatic nitrogens is 4. The van der Waals surface area contributed by atoms with E-state index in [0.717, 1.165) is 5.69 Å². The second kappa shape index (κ2) is 7.61. The quantitative estimate of drug-likeness (QED) is 0.358. The predicted molar refractivity (Wildman–Crippen MR) is 119 cm³/mol. The summed E-state index contributed by atoms with van der Waals surface area (Å²) in [4.78, 5) is 37.7. The van der Waals surface area contributed by atoms with Crippen molar-refractivity contribution in [3.63, 3.8) is 0 Å². The number of nitrogens with zero attached hydrogens (tertiary/aromatic N) is 3. The molecule has 7 heteroatoms. The van der Waals surface area contributed by atoms with Gasteiger partial charge in [-0.25, -0.2) is 9.97 Å². The fourth-order valence-corrected chi connectivity index (χ4v) is 4.23. The van der Waals surface area contributed by atoms with Gasteiger partial charge in [-0.3, -0.25) is 14.2 Å². The number of hydrogen-bond donors (Lipinski definition) is 1. The van der Waals surface area contributed by atoms with E-state index in [1.54, 1.807) is 16.7 Å². The van der Waals surface area contributed by atoms with E-state index in [2.05, 4.69) is 9.97 Å². The second-order valence-electron chi connectivity index (χ2n) is 6.71. The van der Waals surface area contributed by atoms with Gasteiger partial charge in [0.15, 0.2) is 5.16 Å². The highest BCUT2D eigenvalue weighted by atomic mass is 32.2. The van der Waals surface area contributed by atoms with Crippen molar-refractivity contribution in [1.29, 1.82) is 0 Å². The lowest BCUT2D eigenvalue weighted by molar-refractivity contribution is 0.818. The van der Waals surface area contributed by atoms with Crippen molar-refractivity contribution >= 4 is 33.6 Å². The lowest BCUT2D eigenvalue weighted by Gasteiger charge is -2.13. The number of aromatic amines is 1. The first-order chi connectivity index (χ1) is 14.7. The van der Waals surface area contributed by atoms with Crippen LogP contribution in [0.1, 0.15) is 5.82 Å². The van der Waals surface area contributed by atoms with Crippen LogP contribution in [-0.4, -0.2) is 19.5 Å². The Labute approximate surface area is 175 Å². The number of rotatable bonds is 4. The zero-order valence-electron chi connectivity index (χ0n) is 15.8. The Hall–Kier alpha value is -3.71. The van der Waals surface area contributed by atoms with Crippen LogP contribution in [0.4, 0.5) is 0 Å². The predicted octanol–water partition coefficient (Wildman–Crippen LogP) is 3.91. The molecular formula is C23H16N4O2S. The molecule has 0 aliphatic carbocycles. The molecule has 0 spiro atoms. The maximum absolute atomic E-state index is 13.2. The smallest absolute Gasteiger partial charge is 0.266 e. The Morgan fingerprint density at radius 1 is 0.767 bits per heavy atom. The van der Waals surface area contributed by atoms with E-state index in [-0.39, 0.29) is 11.1 Å². The molecule has 2 aromatic heterocycles. The summed E-state index contributed by atoms with van der Waals surface area (Å²) in [5.74, 6) is 0.906. The molecule has 0 saturated heterocycles. The second-order valence-corrected chi connectivity index (χ2v) is 7.65. The van der Waals surface area contributed by atoms with Crippen LogP contribution in [0.15, 0.2) is 93.6 Å². The van der Waals surface area contributed by atoms with E-state index < -0.39 is 0 Å². The molecule has 6 nitrogen and oxygen atoms in total. The molecule has 0 amide bonds. The number of nitrogens with one attached hydrogen (secondary N) is 1. The molecule has 0 fully saturated rings. The average molecular weight is 412 g/mol. The van der Waals surface area contributed by atoms with Gasteiger partial charge < -0.3 is 4.98 Å². The van der Waals surface area contributed by atoms with Gasteiger partial charge in [0, 0.05) is 0 Å². The first-order valence-electron chi connectivity index (χ1n) is 9.39. The average Bonchev–Trinajstić information content (AvgIpc) is 2.78. The summed E-state index contributed by atoms with van der Waals surface area (Å²) in [5, 5.41) is 1.65. The van der Waals surface area contributed by atoms with E-state index in [9.17, 15) is 9.59 Å². The fourth-order valence-electron chi connectivity index (χ4n) is 3.35. The highest BCUT2D eigenvalue weighted by Crippen LogP contribution is 2.23. The number of benzene rings is 3. The van der Waals surface area contributed by atoms with Gasteiger partial charge in [-0.15, -0.1) is 0 Å². The Kier molecular flexibility index (Phi) is 4.65. The number of thioether (sulfide) groups is 1. The minimum atomic E-state index is -0.178. The van der Waals surface area contributed by atoms with Crippen LogP contribution in [0.25, 0.3) is 27.5 Å². The van der Waals surface area contributed by atoms with Crippen LogP contribution in [0.3, 0.4) is 0 Å². The van der Waals surface area contributed by atoms with Crippen molar-refractivity contribution in [2.45, 2.75) is 10.9 Å². The summed E-state index contributed by atoms with van der Waals surface area (Å²) in [6, 6.07) is 23.9. The molecule has 0 bridgehead atoms. The van der Waals surface area contributed by atoms with Gasteiger partial charge >= 0.3 is 0 Å². The van der Waals surface area contributed by atoms with Crippen LogP contribution in [-0.2, 0) is 5.75 Å². The monoisotopic (exact) mass is 412 g/mol. The van der Waals surface area contributed by atoms with Crippen LogP contribution < -0.4 is 11.1 Å². The molecule has 146 valence electrons. The van der Waals surface area contributed by atoms with Gasteiger partial charge in [0.05, 0.1) is 33.2 Å². The van der Waals surface area contributed by atoms with Gasteiger partial charge in [-0.05, 0) is 36.4 Å². The van der Waals surface area contributed by atoms with Gasteiger partial charge in [0.1, 0.15) is 5.82 Å². The standard InChI is InChI=1S/C23H16N4O2S/c28-21-16-10-4-6-12-18(16)24-20(26-21)14-30-23-25-19-13-7-5-11-17(19)22(29)27(23)15-8-2-1-3-9-15/h1-13H,14H2,(H,24,26,28). The summed E-state index contributed by atoms with van der Waals surface area (Å²) in [6.07, 6.45) is 0. The van der Waals surface area contributed by atoms with E-state index in [4.69, 9.17) is 4.98 Å². The molecule has 30 heavy (non-hydrogen) atoms. The normalized spacial score (nSPS) is 11.2. The van der Waals surface area contributed by atoms with Crippen molar-refractivity contribution in [1.82, 2.24) is 19.5 Å². The number of para-hydroxylation sites is 3. The lowest BCUT2D eigenvalue weighted by atomic mass is 10.2. The molecule has 0 unspecified atom stereocenters. The van der Waals surface area contributed by atoms with Gasteiger partial charge in [0.25, 0.3) is 11.1 Å². The summed E-state index contributed by atoms with van der Waals surface area (Å²) in [7, 11) is 0. The third-order valence-electron chi connectivity index (χ3n) is 4.76. The van der Waals surface area contributed by atoms with Crippen LogP contribution in [0.5, 0.6) is 0 Å². The minimum absolute atomic E-state index is 0.130. The van der Waals surface area contributed by atoms with Gasteiger partial charge in [-0.1, -0.05) is 54.2 Å². The number of fused-ring (bicyclic) bond motifs is 2. The third kappa shape index (κ3) is 3.29. The summed E-state index contributed by atoms with van der Waals surface area (Å²) < 4.78 is 1.60. The van der Waals surface area contributed by atoms with E-state index in [0.29, 0.717) is 38.5 Å². The SMILES string of the molecule is O=c1[nH]c(CSc2nc3ccccc3c(=O)n2-c2ccccc2)nc2ccccc12. The molecule has 0 radical (unpaired) electrons. The Bertz CT molecular complexity index is 1490. The zero-order valence-corrected chi connectivity index (χ0v) is 16.6. The molecule has 2 heterocycles. The summed E-state index contributed by atoms with van der Waals surface area (Å²) in [5.41, 5.74) is 1.71. The molecular weight excluding hydrogens is 396 g/mol. The first-order valence-corrected chi connectivity index (χ1v) is 10.4. The molecule has 0 saturated carbocycles. The van der Waals surface area contributed by atoms with Crippen LogP contribution in [0, 0.1) is 0 Å². The molecule has 0 aliphatic heterocycles. The maximum atomic E-state index is 13.2. The highest BCUT2D eigenvalue weighted by Gasteiger charge is 2.14. The van der Waals surface area contributed by atoms with Crippen molar-refractivity contribution in [2.24, 2.45) is 0 Å². The minimum Gasteiger partial charge on any atom is -0.309 e. The topological polar surface area (TPSA) is 80.6 Å². The van der Waals surface area contributed by atoms with Crippen molar-refractivity contribution in [3.8, 4) is 5.69 Å². The lowest BCUT2D eigenvalue weighted by Crippen LogP contribution is -2.21. The molecule has 3 aromatic carbocycles. The molecule has 0 atom stereocenters. The van der Waals surface area contributed by atoms with Gasteiger partial charge in [-0.2, -0.15) is 0 Å². The van der Waals surface area contributed by atoms with E-state index >= 15 is 0 Å². The third-order valence-corrected chi connectivity index (χ3v) is 5.71. The summed E-state index contributed by atoms with van der Waals surface area (Å²) in [6.45, 7) is 0. The maximum Gasteiger partial charge on any atom is 0.266 e. The van der Waals surface area contributed by atoms with Crippen molar-refractivity contribution in [2.75, 3.05) is 0 Å². The van der Waals surface area contributed by atoms with Crippen molar-refractivity contribution < 1.29 is 0 Å². The Balaban J connectivity index is 1.60. The largest absolute Gasteiger partial charge is 0.309 e. The van der Waals surface area contributed by atoms with E-state index in [1.807, 2.05) is 66.7 Å². The Morgan fingerprint density at radius 3 is 2.17 bits per heavy atom. The first kappa shape index (κ1) is 18.3. The number of hydrogen-bond acceptors (Lipinski definition) is 5. The zero-order chi connectivity index (χ0) is 20.5. The number of H-pyrrole nitrogens is 1.